The molecule has 0 aliphatic carbocycles. The highest BCUT2D eigenvalue weighted by molar-refractivity contribution is 6.32. The maximum Gasteiger partial charge on any atom is 0.416 e. The summed E-state index contributed by atoms with van der Waals surface area (Å²) in [5.41, 5.74) is 6.72. The van der Waals surface area contributed by atoms with Crippen molar-refractivity contribution >= 4 is 86.5 Å². The highest BCUT2D eigenvalue weighted by Gasteiger charge is 2.31. The number of Topliss-reactive ketones (excluding diaryl/α,β-unsaturated/α-hetero) is 5. The second kappa shape index (κ2) is 44.5. The van der Waals surface area contributed by atoms with E-state index in [1.807, 2.05) is 44.0 Å². The number of ketones is 5. The Morgan fingerprint density at radius 2 is 0.835 bits per heavy atom. The van der Waals surface area contributed by atoms with Gasteiger partial charge in [0.15, 0.2) is 46.2 Å². The maximum atomic E-state index is 14.0. The molecule has 127 heavy (non-hydrogen) atoms. The van der Waals surface area contributed by atoms with Crippen LogP contribution in [0.4, 0.5) is 53.5 Å². The first-order valence-electron chi connectivity index (χ1n) is 37.3. The third kappa shape index (κ3) is 28.5. The predicted octanol–water partition coefficient (Wildman–Crippen LogP) is 18.8. The van der Waals surface area contributed by atoms with Crippen molar-refractivity contribution in [3.63, 3.8) is 0 Å². The van der Waals surface area contributed by atoms with E-state index >= 15 is 0 Å². The number of carbonyl (C=O) groups is 5. The summed E-state index contributed by atoms with van der Waals surface area (Å²) in [6, 6.07) is 33.2. The van der Waals surface area contributed by atoms with Crippen LogP contribution in [0, 0.1) is 48.4 Å². The first-order chi connectivity index (χ1) is 61.0. The third-order valence-corrected chi connectivity index (χ3v) is 18.1. The summed E-state index contributed by atoms with van der Waals surface area (Å²) in [6.07, 6.45) is 25.6. The van der Waals surface area contributed by atoms with Gasteiger partial charge in [0, 0.05) is 135 Å². The van der Waals surface area contributed by atoms with Crippen molar-refractivity contribution in [2.75, 3.05) is 23.9 Å². The summed E-state index contributed by atoms with van der Waals surface area (Å²) in [6.45, 7) is 3.80. The summed E-state index contributed by atoms with van der Waals surface area (Å²) in [7, 11) is 3.62. The minimum Gasteiger partial charge on any atom is -0.454 e. The zero-order valence-electron chi connectivity index (χ0n) is 66.9. The molecular weight excluding hydrogens is 1710 g/mol. The Hall–Kier alpha value is -15.6. The number of alkyl halides is 3. The zero-order valence-corrected chi connectivity index (χ0v) is 69.2. The number of hydrogen-bond donors (Lipinski definition) is 0. The van der Waals surface area contributed by atoms with E-state index in [0.717, 1.165) is 64.9 Å². The number of nitrogens with zero attached hydrogens (tertiary/aromatic N) is 19. The number of aryl methyl sites for hydroxylation is 2. The molecule has 0 fully saturated rings. The number of anilines is 4. The van der Waals surface area contributed by atoms with E-state index in [4.69, 9.17) is 54.3 Å². The third-order valence-electron chi connectivity index (χ3n) is 17.4. The molecule has 10 heterocycles. The molecule has 15 aromatic rings. The van der Waals surface area contributed by atoms with Crippen LogP contribution in [0.5, 0.6) is 34.5 Å². The molecule has 37 heteroatoms. The minimum atomic E-state index is -4.54. The van der Waals surface area contributed by atoms with E-state index < -0.39 is 53.0 Å². The van der Waals surface area contributed by atoms with Crippen LogP contribution in [0.15, 0.2) is 264 Å². The Balaban J connectivity index is 0.000000154. The predicted molar refractivity (Wildman–Crippen MR) is 452 cm³/mol. The highest BCUT2D eigenvalue weighted by atomic mass is 35.5. The van der Waals surface area contributed by atoms with Crippen molar-refractivity contribution in [2.24, 2.45) is 0 Å². The zero-order chi connectivity index (χ0) is 90.5. The number of carbonyl (C=O) groups excluding carboxylic acids is 5. The van der Waals surface area contributed by atoms with Crippen LogP contribution in [-0.2, 0) is 38.3 Å². The largest absolute Gasteiger partial charge is 0.454 e. The summed E-state index contributed by atoms with van der Waals surface area (Å²) >= 11 is 18.3. The average molecular weight is 1780 g/mol. The van der Waals surface area contributed by atoms with Gasteiger partial charge in [-0.25, -0.2) is 77.4 Å². The number of nitriles is 1. The number of pyridine rings is 4. The first-order valence-corrected chi connectivity index (χ1v) is 38.5. The Labute approximate surface area is 734 Å². The molecule has 0 saturated heterocycles. The molecule has 0 bridgehead atoms. The monoisotopic (exact) mass is 1780 g/mol. The van der Waals surface area contributed by atoms with Gasteiger partial charge in [0.1, 0.15) is 84.0 Å². The molecule has 0 radical (unpaired) electrons. The summed E-state index contributed by atoms with van der Waals surface area (Å²) in [5, 5.41) is 9.96. The number of aromatic nitrogens is 16. The minimum absolute atomic E-state index is 0.00568. The van der Waals surface area contributed by atoms with Crippen LogP contribution < -0.4 is 24.0 Å². The fourth-order valence-electron chi connectivity index (χ4n) is 11.4. The van der Waals surface area contributed by atoms with Gasteiger partial charge in [-0.2, -0.15) is 18.4 Å². The van der Waals surface area contributed by atoms with Gasteiger partial charge in [0.05, 0.1) is 122 Å². The second-order valence-electron chi connectivity index (χ2n) is 27.0. The summed E-state index contributed by atoms with van der Waals surface area (Å²) < 4.78 is 109. The van der Waals surface area contributed by atoms with Crippen LogP contribution in [0.2, 0.25) is 15.1 Å². The van der Waals surface area contributed by atoms with Crippen molar-refractivity contribution in [1.29, 1.82) is 5.26 Å². The van der Waals surface area contributed by atoms with Crippen molar-refractivity contribution < 1.29 is 68.9 Å². The van der Waals surface area contributed by atoms with Crippen LogP contribution in [0.25, 0.3) is 0 Å². The molecule has 5 aromatic carbocycles. The fraction of sp³-hybridized carbons (Fsp3) is 0.111. The summed E-state index contributed by atoms with van der Waals surface area (Å²) in [5.74, 6) is -2.07. The van der Waals surface area contributed by atoms with E-state index in [0.29, 0.717) is 78.7 Å². The maximum absolute atomic E-state index is 14.0. The average Bonchev–Trinajstić information content (AvgIpc) is 0.602. The summed E-state index contributed by atoms with van der Waals surface area (Å²) in [4.78, 5) is 129. The van der Waals surface area contributed by atoms with Gasteiger partial charge < -0.3 is 24.0 Å². The first kappa shape index (κ1) is 92.1. The second-order valence-corrected chi connectivity index (χ2v) is 28.3. The van der Waals surface area contributed by atoms with E-state index in [-0.39, 0.29) is 87.6 Å². The van der Waals surface area contributed by atoms with Crippen LogP contribution in [-0.4, -0.2) is 123 Å². The van der Waals surface area contributed by atoms with Gasteiger partial charge in [-0.1, -0.05) is 40.9 Å². The molecule has 0 aliphatic heterocycles. The van der Waals surface area contributed by atoms with Gasteiger partial charge in [-0.15, -0.1) is 0 Å². The molecule has 15 rings (SSSR count). The molecule has 0 atom stereocenters. The van der Waals surface area contributed by atoms with E-state index in [2.05, 4.69) is 79.7 Å². The number of hydrogen-bond acceptors (Lipinski definition) is 27. The molecule has 0 N–H and O–H groups in total. The smallest absolute Gasteiger partial charge is 0.416 e. The van der Waals surface area contributed by atoms with Crippen LogP contribution >= 0.6 is 34.8 Å². The van der Waals surface area contributed by atoms with Crippen LogP contribution in [0.3, 0.4) is 0 Å². The number of ether oxygens (including phenoxy) is 3. The SMILES string of the molecule is CN(c1cncnc1)c1cc(F)cc(C(=O)Cc2ccc(C#N)cn2)c1.Cc1ccnc(CC(=O)c2cc(Cl)cc(Oc3cncnc3)c2)n1.Cc1cncc(CC(=O)c2cc(Cl)cc(N(C)c3cncnc3)c2)c1.O=C(Cc1cc(C(F)(F)F)ccn1)c1cc(F)cc(Oc2cncnc2)c1.O=C(Cc1ncc(F)cc1F)c1cc(Cl)cc(Oc2cncnc2)c1. The van der Waals surface area contributed by atoms with Gasteiger partial charge >= 0.3 is 6.18 Å². The van der Waals surface area contributed by atoms with Gasteiger partial charge in [-0.3, -0.25) is 43.9 Å². The molecule has 27 nitrogen and oxygen atoms in total. The normalized spacial score (nSPS) is 10.6. The van der Waals surface area contributed by atoms with Crippen molar-refractivity contribution in [1.82, 2.24) is 79.7 Å². The van der Waals surface area contributed by atoms with E-state index in [9.17, 15) is 54.7 Å². The Bertz CT molecular complexity index is 6420. The van der Waals surface area contributed by atoms with Crippen molar-refractivity contribution in [3.05, 3.63) is 381 Å². The van der Waals surface area contributed by atoms with Gasteiger partial charge in [0.25, 0.3) is 0 Å². The van der Waals surface area contributed by atoms with Crippen molar-refractivity contribution in [3.8, 4) is 40.6 Å². The van der Waals surface area contributed by atoms with Crippen LogP contribution in [0.1, 0.15) is 103 Å². The molecule has 0 amide bonds. The van der Waals surface area contributed by atoms with Gasteiger partial charge in [0.2, 0.25) is 0 Å². The lowest BCUT2D eigenvalue weighted by Gasteiger charge is -2.19. The lowest BCUT2D eigenvalue weighted by Crippen LogP contribution is -2.12. The lowest BCUT2D eigenvalue weighted by molar-refractivity contribution is -0.137. The number of halogens is 10. The molecule has 0 saturated carbocycles. The molecule has 0 aliphatic rings. The fourth-order valence-corrected chi connectivity index (χ4v) is 12.1. The Morgan fingerprint density at radius 1 is 0.386 bits per heavy atom. The molecule has 0 unspecified atom stereocenters. The highest BCUT2D eigenvalue weighted by Crippen LogP contribution is 2.34. The molecule has 638 valence electrons. The number of benzene rings is 5. The Kier molecular flexibility index (Phi) is 32.2. The molecule has 0 spiro atoms. The quantitative estimate of drug-likeness (QED) is 0.0379. The Morgan fingerprint density at radius 3 is 1.33 bits per heavy atom. The van der Waals surface area contributed by atoms with E-state index in [1.54, 1.807) is 110 Å². The van der Waals surface area contributed by atoms with E-state index in [1.165, 1.54) is 111 Å². The topological polar surface area (TPSA) is 350 Å². The number of rotatable bonds is 25. The molecular formula is C90H65Cl3F7N19O8. The molecule has 10 aromatic heterocycles. The standard InChI is InChI=1S/C19H17ClN4O.C19H14FN5O.C18H11F4N3O2.C17H10ClF2N3O2.C17H13ClN4O2/c1-13-3-14(9-21-8-13)4-19(25)15-5-16(20)7-17(6-15)24(2)18-10-22-12-23-11-18;1-25(18-10-22-12-23-11-18)17-5-14(4-15(20)6-17)19(26)7-16-3-2-13(8-21)9-24-16;19-13-3-11(4-15(6-13)27-16-8-23-10-24-9-16)17(26)7-14-5-12(1-2-25-14)18(20,21)22;18-11-1-10(2-13(3-11)25-14-7-21-9-22-8-14)17(24)5-16-15(20)4-12(19)6-23-16;1-11-2-3-21-17(22-11)7-16(23)12-4-13(18)6-14(5-12)24-15-8-19-10-20-9-15/h3,5-12H,4H2,1-2H3;2-6,9-12H,7H2,1H3;1-6,8-10H,7H2;1-4,6-9H,5H2;2-6,8-10H,7H2,1H3. The van der Waals surface area contributed by atoms with Crippen molar-refractivity contribution in [2.45, 2.75) is 52.1 Å². The lowest BCUT2D eigenvalue weighted by atomic mass is 10.0. The van der Waals surface area contributed by atoms with Gasteiger partial charge in [-0.05, 0) is 140 Å².